The lowest BCUT2D eigenvalue weighted by atomic mass is 10.0. The van der Waals surface area contributed by atoms with Gasteiger partial charge in [0.15, 0.2) is 5.58 Å². The van der Waals surface area contributed by atoms with Gasteiger partial charge < -0.3 is 14.6 Å². The maximum Gasteiger partial charge on any atom is 0.416 e. The standard InChI is InChI=1S/C25H18F5N3O2/c26-16-6-9-18(19(27)13-16)14-3-10-22-20(12-14)32-23(35-22)21-2-1-11-33(21)24(34)31-17-7-4-15(5-8-17)25(28,29)30/h3-10,12-13,21H,1-2,11H2,(H,31,34)/t21-/m1/s1. The van der Waals surface area contributed by atoms with Crippen LogP contribution in [0.25, 0.3) is 22.2 Å². The third-order valence-electron chi connectivity index (χ3n) is 5.91. The molecule has 180 valence electrons. The van der Waals surface area contributed by atoms with Gasteiger partial charge in [-0.2, -0.15) is 13.2 Å². The van der Waals surface area contributed by atoms with Crippen molar-refractivity contribution >= 4 is 22.8 Å². The van der Waals surface area contributed by atoms with Crippen molar-refractivity contribution in [3.05, 3.63) is 83.8 Å². The van der Waals surface area contributed by atoms with Gasteiger partial charge in [-0.25, -0.2) is 18.6 Å². The Labute approximate surface area is 196 Å². The fourth-order valence-corrected chi connectivity index (χ4v) is 4.18. The summed E-state index contributed by atoms with van der Waals surface area (Å²) in [6.45, 7) is 0.419. The van der Waals surface area contributed by atoms with Gasteiger partial charge in [-0.05, 0) is 66.9 Å². The molecule has 1 aliphatic rings. The van der Waals surface area contributed by atoms with Crippen LogP contribution in [0.4, 0.5) is 32.4 Å². The van der Waals surface area contributed by atoms with E-state index in [2.05, 4.69) is 10.3 Å². The summed E-state index contributed by atoms with van der Waals surface area (Å²) in [4.78, 5) is 18.9. The summed E-state index contributed by atoms with van der Waals surface area (Å²) < 4.78 is 71.6. The highest BCUT2D eigenvalue weighted by Gasteiger charge is 2.34. The zero-order chi connectivity index (χ0) is 24.7. The number of fused-ring (bicyclic) bond motifs is 1. The number of anilines is 1. The molecule has 0 spiro atoms. The first kappa shape index (κ1) is 22.8. The molecule has 0 saturated carbocycles. The van der Waals surface area contributed by atoms with Crippen molar-refractivity contribution in [3.63, 3.8) is 0 Å². The van der Waals surface area contributed by atoms with E-state index < -0.39 is 35.4 Å². The zero-order valence-corrected chi connectivity index (χ0v) is 18.1. The molecule has 35 heavy (non-hydrogen) atoms. The third kappa shape index (κ3) is 4.55. The first-order valence-electron chi connectivity index (χ1n) is 10.8. The summed E-state index contributed by atoms with van der Waals surface area (Å²) in [5, 5.41) is 2.62. The molecule has 1 aliphatic heterocycles. The predicted octanol–water partition coefficient (Wildman–Crippen LogP) is 7.16. The Morgan fingerprint density at radius 2 is 1.80 bits per heavy atom. The topological polar surface area (TPSA) is 58.4 Å². The highest BCUT2D eigenvalue weighted by atomic mass is 19.4. The van der Waals surface area contributed by atoms with E-state index in [0.29, 0.717) is 41.9 Å². The van der Waals surface area contributed by atoms with Crippen molar-refractivity contribution in [3.8, 4) is 11.1 Å². The summed E-state index contributed by atoms with van der Waals surface area (Å²) in [6.07, 6.45) is -3.18. The lowest BCUT2D eigenvalue weighted by Gasteiger charge is -2.22. The molecule has 1 N–H and O–H groups in total. The third-order valence-corrected chi connectivity index (χ3v) is 5.91. The van der Waals surface area contributed by atoms with E-state index in [0.717, 1.165) is 18.2 Å². The molecule has 3 aromatic carbocycles. The monoisotopic (exact) mass is 487 g/mol. The van der Waals surface area contributed by atoms with E-state index in [9.17, 15) is 26.7 Å². The lowest BCUT2D eigenvalue weighted by molar-refractivity contribution is -0.137. The van der Waals surface area contributed by atoms with Gasteiger partial charge in [-0.3, -0.25) is 0 Å². The van der Waals surface area contributed by atoms with Gasteiger partial charge in [0, 0.05) is 23.9 Å². The number of likely N-dealkylation sites (tertiary alicyclic amines) is 1. The Bertz CT molecular complexity index is 1400. The van der Waals surface area contributed by atoms with Crippen LogP contribution >= 0.6 is 0 Å². The van der Waals surface area contributed by atoms with Crippen LogP contribution in [-0.2, 0) is 6.18 Å². The lowest BCUT2D eigenvalue weighted by Crippen LogP contribution is -2.34. The fraction of sp³-hybridized carbons (Fsp3) is 0.200. The molecule has 10 heteroatoms. The molecule has 0 unspecified atom stereocenters. The number of benzene rings is 3. The quantitative estimate of drug-likeness (QED) is 0.312. The minimum atomic E-state index is -4.46. The maximum atomic E-state index is 14.2. The summed E-state index contributed by atoms with van der Waals surface area (Å²) in [7, 11) is 0. The number of amides is 2. The van der Waals surface area contributed by atoms with Gasteiger partial charge >= 0.3 is 12.2 Å². The number of nitrogens with one attached hydrogen (secondary N) is 1. The molecular weight excluding hydrogens is 469 g/mol. The van der Waals surface area contributed by atoms with Gasteiger partial charge in [-0.1, -0.05) is 6.07 Å². The number of halogens is 5. The van der Waals surface area contributed by atoms with Gasteiger partial charge in [0.05, 0.1) is 5.56 Å². The van der Waals surface area contributed by atoms with Gasteiger partial charge in [-0.15, -0.1) is 0 Å². The van der Waals surface area contributed by atoms with Crippen molar-refractivity contribution in [1.29, 1.82) is 0 Å². The molecule has 0 radical (unpaired) electrons. The van der Waals surface area contributed by atoms with E-state index in [-0.39, 0.29) is 11.3 Å². The number of hydrogen-bond acceptors (Lipinski definition) is 3. The molecule has 0 bridgehead atoms. The predicted molar refractivity (Wildman–Crippen MR) is 119 cm³/mol. The molecule has 0 aliphatic carbocycles. The summed E-state index contributed by atoms with van der Waals surface area (Å²) in [6, 6.07) is 11.5. The molecular formula is C25H18F5N3O2. The zero-order valence-electron chi connectivity index (χ0n) is 18.1. The molecule has 1 aromatic heterocycles. The highest BCUT2D eigenvalue weighted by Crippen LogP contribution is 2.35. The van der Waals surface area contributed by atoms with Crippen molar-refractivity contribution in [2.24, 2.45) is 0 Å². The van der Waals surface area contributed by atoms with E-state index in [1.165, 1.54) is 29.2 Å². The van der Waals surface area contributed by atoms with Crippen LogP contribution in [-0.4, -0.2) is 22.5 Å². The van der Waals surface area contributed by atoms with Crippen LogP contribution < -0.4 is 5.32 Å². The second-order valence-corrected chi connectivity index (χ2v) is 8.22. The summed E-state index contributed by atoms with van der Waals surface area (Å²) in [5.74, 6) is -1.07. The number of nitrogens with zero attached hydrogens (tertiary/aromatic N) is 2. The van der Waals surface area contributed by atoms with Crippen molar-refractivity contribution in [2.75, 3.05) is 11.9 Å². The van der Waals surface area contributed by atoms with E-state index in [1.54, 1.807) is 18.2 Å². The molecule has 4 aromatic rings. The van der Waals surface area contributed by atoms with Gasteiger partial charge in [0.2, 0.25) is 5.89 Å². The Morgan fingerprint density at radius 3 is 2.51 bits per heavy atom. The van der Waals surface area contributed by atoms with Crippen LogP contribution in [0.1, 0.15) is 30.3 Å². The Morgan fingerprint density at radius 1 is 1.03 bits per heavy atom. The van der Waals surface area contributed by atoms with Crippen molar-refractivity contribution in [2.45, 2.75) is 25.1 Å². The number of aromatic nitrogens is 1. The van der Waals surface area contributed by atoms with Crippen LogP contribution in [0.2, 0.25) is 0 Å². The normalized spacial score (nSPS) is 16.1. The molecule has 1 fully saturated rings. The average molecular weight is 487 g/mol. The summed E-state index contributed by atoms with van der Waals surface area (Å²) >= 11 is 0. The number of alkyl halides is 3. The highest BCUT2D eigenvalue weighted by molar-refractivity contribution is 5.90. The van der Waals surface area contributed by atoms with E-state index in [4.69, 9.17) is 4.42 Å². The van der Waals surface area contributed by atoms with Crippen molar-refractivity contribution in [1.82, 2.24) is 9.88 Å². The minimum Gasteiger partial charge on any atom is -0.438 e. The van der Waals surface area contributed by atoms with Crippen LogP contribution in [0.5, 0.6) is 0 Å². The Hall–Kier alpha value is -3.95. The fourth-order valence-electron chi connectivity index (χ4n) is 4.18. The van der Waals surface area contributed by atoms with E-state index >= 15 is 0 Å². The number of urea groups is 1. The number of hydrogen-bond donors (Lipinski definition) is 1. The van der Waals surface area contributed by atoms with E-state index in [1.807, 2.05) is 0 Å². The number of rotatable bonds is 3. The second-order valence-electron chi connectivity index (χ2n) is 8.22. The van der Waals surface area contributed by atoms with Crippen LogP contribution in [0.15, 0.2) is 65.1 Å². The first-order valence-corrected chi connectivity index (χ1v) is 10.8. The summed E-state index contributed by atoms with van der Waals surface area (Å²) in [5.41, 5.74) is 1.05. The largest absolute Gasteiger partial charge is 0.438 e. The Balaban J connectivity index is 1.36. The average Bonchev–Trinajstić information content (AvgIpc) is 3.45. The number of carbonyl (C=O) groups excluding carboxylic acids is 1. The van der Waals surface area contributed by atoms with Crippen LogP contribution in [0.3, 0.4) is 0 Å². The molecule has 5 rings (SSSR count). The number of carbonyl (C=O) groups is 1. The second kappa shape index (κ2) is 8.68. The smallest absolute Gasteiger partial charge is 0.416 e. The molecule has 1 saturated heterocycles. The minimum absolute atomic E-state index is 0.219. The first-order chi connectivity index (χ1) is 16.7. The van der Waals surface area contributed by atoms with Crippen molar-refractivity contribution < 1.29 is 31.2 Å². The van der Waals surface area contributed by atoms with Crippen LogP contribution in [0, 0.1) is 11.6 Å². The van der Waals surface area contributed by atoms with Gasteiger partial charge in [0.25, 0.3) is 0 Å². The Kier molecular flexibility index (Phi) is 5.66. The molecule has 2 amide bonds. The maximum absolute atomic E-state index is 14.2. The molecule has 5 nitrogen and oxygen atoms in total. The van der Waals surface area contributed by atoms with Gasteiger partial charge in [0.1, 0.15) is 23.2 Å². The molecule has 1 atom stereocenters. The SMILES string of the molecule is O=C(Nc1ccc(C(F)(F)F)cc1)N1CCC[C@@H]1c1nc2cc(-c3ccc(F)cc3F)ccc2o1. The number of oxazole rings is 1. The molecule has 2 heterocycles.